The van der Waals surface area contributed by atoms with E-state index in [1.807, 2.05) is 34.6 Å². The van der Waals surface area contributed by atoms with E-state index in [1.54, 1.807) is 0 Å². The van der Waals surface area contributed by atoms with E-state index in [-0.39, 0.29) is 12.1 Å². The average molecular weight is 295 g/mol. The lowest BCUT2D eigenvalue weighted by molar-refractivity contribution is 0.0465. The molecule has 0 radical (unpaired) electrons. The first kappa shape index (κ1) is 15.8. The molecule has 0 atom stereocenters. The number of nitrogens with zero attached hydrogens (tertiary/aromatic N) is 1. The molecule has 118 valence electrons. The van der Waals surface area contributed by atoms with E-state index in [0.717, 1.165) is 36.4 Å². The minimum absolute atomic E-state index is 0.196. The van der Waals surface area contributed by atoms with Crippen LogP contribution in [0, 0.1) is 13.8 Å². The van der Waals surface area contributed by atoms with Crippen molar-refractivity contribution in [2.45, 2.75) is 71.7 Å². The molecule has 0 unspecified atom stereocenters. The Kier molecular flexibility index (Phi) is 4.56. The molecule has 0 bridgehead atoms. The van der Waals surface area contributed by atoms with E-state index in [1.165, 1.54) is 0 Å². The van der Waals surface area contributed by atoms with Gasteiger partial charge in [-0.2, -0.15) is 0 Å². The van der Waals surface area contributed by atoms with Crippen LogP contribution < -0.4 is 10.6 Å². The van der Waals surface area contributed by atoms with Crippen LogP contribution in [0.5, 0.6) is 0 Å². The van der Waals surface area contributed by atoms with Crippen molar-refractivity contribution in [3.63, 3.8) is 0 Å². The maximum Gasteiger partial charge on any atom is 0.407 e. The fourth-order valence-corrected chi connectivity index (χ4v) is 2.38. The molecule has 1 heterocycles. The van der Waals surface area contributed by atoms with Gasteiger partial charge in [-0.15, -0.1) is 0 Å². The third-order valence-corrected chi connectivity index (χ3v) is 3.61. The number of carbonyl (C=O) groups is 1. The maximum atomic E-state index is 11.6. The van der Waals surface area contributed by atoms with E-state index < -0.39 is 5.60 Å². The highest BCUT2D eigenvalue weighted by Gasteiger charge is 2.31. The van der Waals surface area contributed by atoms with Gasteiger partial charge in [0.15, 0.2) is 0 Å². The maximum absolute atomic E-state index is 11.6. The van der Waals surface area contributed by atoms with Crippen molar-refractivity contribution >= 4 is 6.09 Å². The molecular weight excluding hydrogens is 270 g/mol. The minimum atomic E-state index is -0.450. The largest absolute Gasteiger partial charge is 0.444 e. The Morgan fingerprint density at radius 1 is 1.33 bits per heavy atom. The summed E-state index contributed by atoms with van der Waals surface area (Å²) in [6.45, 7) is 10.2. The molecule has 0 saturated heterocycles. The zero-order valence-electron chi connectivity index (χ0n) is 13.4. The van der Waals surface area contributed by atoms with Gasteiger partial charge in [-0.05, 0) is 47.5 Å². The topological polar surface area (TPSA) is 76.4 Å². The number of nitrogens with one attached hydrogen (secondary N) is 2. The molecule has 2 N–H and O–H groups in total. The molecule has 1 fully saturated rings. The highest BCUT2D eigenvalue weighted by Crippen LogP contribution is 2.22. The van der Waals surface area contributed by atoms with Crippen LogP contribution in [0.4, 0.5) is 4.79 Å². The molecule has 1 amide bonds. The number of hydrogen-bond acceptors (Lipinski definition) is 5. The van der Waals surface area contributed by atoms with Crippen LogP contribution in [-0.2, 0) is 11.3 Å². The molecule has 0 spiro atoms. The Hall–Kier alpha value is -1.56. The monoisotopic (exact) mass is 295 g/mol. The van der Waals surface area contributed by atoms with Crippen LogP contribution in [-0.4, -0.2) is 28.9 Å². The zero-order chi connectivity index (χ0) is 15.6. The molecular formula is C15H25N3O3. The Labute approximate surface area is 125 Å². The third kappa shape index (κ3) is 4.46. The van der Waals surface area contributed by atoms with Gasteiger partial charge in [0, 0.05) is 24.2 Å². The van der Waals surface area contributed by atoms with Crippen LogP contribution in [0.1, 0.15) is 50.6 Å². The number of amides is 1. The summed E-state index contributed by atoms with van der Waals surface area (Å²) in [5, 5.41) is 10.3. The average Bonchev–Trinajstić information content (AvgIpc) is 2.60. The van der Waals surface area contributed by atoms with E-state index in [2.05, 4.69) is 15.8 Å². The number of aromatic nitrogens is 1. The van der Waals surface area contributed by atoms with Crippen molar-refractivity contribution in [2.75, 3.05) is 0 Å². The van der Waals surface area contributed by atoms with Gasteiger partial charge in [-0.1, -0.05) is 5.16 Å². The summed E-state index contributed by atoms with van der Waals surface area (Å²) in [6.07, 6.45) is 1.50. The van der Waals surface area contributed by atoms with E-state index >= 15 is 0 Å². The number of aryl methyl sites for hydroxylation is 2. The normalized spacial score (nSPS) is 21.8. The first-order chi connectivity index (χ1) is 9.74. The Morgan fingerprint density at radius 3 is 2.52 bits per heavy atom. The zero-order valence-corrected chi connectivity index (χ0v) is 13.4. The Bertz CT molecular complexity index is 479. The van der Waals surface area contributed by atoms with Gasteiger partial charge in [0.2, 0.25) is 0 Å². The van der Waals surface area contributed by atoms with Crippen molar-refractivity contribution in [1.29, 1.82) is 0 Å². The first-order valence-corrected chi connectivity index (χ1v) is 7.39. The van der Waals surface area contributed by atoms with Gasteiger partial charge in [0.05, 0.1) is 5.69 Å². The van der Waals surface area contributed by atoms with Crippen molar-refractivity contribution in [1.82, 2.24) is 15.8 Å². The molecule has 0 aliphatic heterocycles. The minimum Gasteiger partial charge on any atom is -0.444 e. The second-order valence-corrected chi connectivity index (χ2v) is 6.70. The lowest BCUT2D eigenvalue weighted by Gasteiger charge is -2.36. The van der Waals surface area contributed by atoms with Crippen molar-refractivity contribution in [3.05, 3.63) is 17.0 Å². The summed E-state index contributed by atoms with van der Waals surface area (Å²) in [4.78, 5) is 11.6. The number of alkyl carbamates (subject to hydrolysis) is 1. The van der Waals surface area contributed by atoms with Gasteiger partial charge >= 0.3 is 6.09 Å². The van der Waals surface area contributed by atoms with Gasteiger partial charge in [-0.25, -0.2) is 4.79 Å². The fraction of sp³-hybridized carbons (Fsp3) is 0.733. The second kappa shape index (κ2) is 6.05. The molecule has 1 aromatic heterocycles. The molecule has 0 aromatic carbocycles. The van der Waals surface area contributed by atoms with Crippen LogP contribution >= 0.6 is 0 Å². The van der Waals surface area contributed by atoms with Crippen molar-refractivity contribution in [3.8, 4) is 0 Å². The van der Waals surface area contributed by atoms with Gasteiger partial charge in [-0.3, -0.25) is 0 Å². The standard InChI is InChI=1S/C15H25N3O3/c1-9-13(10(2)21-18-9)8-16-11-6-12(7-11)17-14(19)20-15(3,4)5/h11-12,16H,6-8H2,1-5H3,(H,17,19). The van der Waals surface area contributed by atoms with Crippen LogP contribution in [0.25, 0.3) is 0 Å². The van der Waals surface area contributed by atoms with Gasteiger partial charge in [0.1, 0.15) is 11.4 Å². The molecule has 1 aliphatic rings. The van der Waals surface area contributed by atoms with Crippen LogP contribution in [0.3, 0.4) is 0 Å². The molecule has 2 rings (SSSR count). The predicted molar refractivity (Wildman–Crippen MR) is 79.0 cm³/mol. The lowest BCUT2D eigenvalue weighted by Crippen LogP contribution is -2.53. The molecule has 21 heavy (non-hydrogen) atoms. The number of rotatable bonds is 4. The quantitative estimate of drug-likeness (QED) is 0.892. The highest BCUT2D eigenvalue weighted by atomic mass is 16.6. The lowest BCUT2D eigenvalue weighted by atomic mass is 9.86. The summed E-state index contributed by atoms with van der Waals surface area (Å²) in [5.41, 5.74) is 1.61. The SMILES string of the molecule is Cc1noc(C)c1CNC1CC(NC(=O)OC(C)(C)C)C1. The molecule has 1 aliphatic carbocycles. The molecule has 6 nitrogen and oxygen atoms in total. The van der Waals surface area contributed by atoms with Gasteiger partial charge in [0.25, 0.3) is 0 Å². The van der Waals surface area contributed by atoms with Gasteiger partial charge < -0.3 is 19.9 Å². The van der Waals surface area contributed by atoms with Crippen molar-refractivity contribution < 1.29 is 14.1 Å². The Morgan fingerprint density at radius 2 is 2.00 bits per heavy atom. The van der Waals surface area contributed by atoms with Crippen LogP contribution in [0.2, 0.25) is 0 Å². The Balaban J connectivity index is 1.67. The summed E-state index contributed by atoms with van der Waals surface area (Å²) < 4.78 is 10.4. The third-order valence-electron chi connectivity index (χ3n) is 3.61. The van der Waals surface area contributed by atoms with Crippen molar-refractivity contribution in [2.24, 2.45) is 0 Å². The highest BCUT2D eigenvalue weighted by molar-refractivity contribution is 5.68. The van der Waals surface area contributed by atoms with E-state index in [4.69, 9.17) is 9.26 Å². The summed E-state index contributed by atoms with van der Waals surface area (Å²) in [7, 11) is 0. The molecule has 1 aromatic rings. The van der Waals surface area contributed by atoms with E-state index in [0.29, 0.717) is 6.04 Å². The van der Waals surface area contributed by atoms with E-state index in [9.17, 15) is 4.79 Å². The van der Waals surface area contributed by atoms with Crippen LogP contribution in [0.15, 0.2) is 4.52 Å². The number of carbonyl (C=O) groups excluding carboxylic acids is 1. The second-order valence-electron chi connectivity index (χ2n) is 6.70. The number of hydrogen-bond donors (Lipinski definition) is 2. The molecule has 1 saturated carbocycles. The first-order valence-electron chi connectivity index (χ1n) is 7.39. The predicted octanol–water partition coefficient (Wildman–Crippen LogP) is 2.44. The molecule has 6 heteroatoms. The smallest absolute Gasteiger partial charge is 0.407 e. The number of ether oxygens (including phenoxy) is 1. The summed E-state index contributed by atoms with van der Waals surface area (Å²) >= 11 is 0. The fourth-order valence-electron chi connectivity index (χ4n) is 2.38. The summed E-state index contributed by atoms with van der Waals surface area (Å²) in [6, 6.07) is 0.612. The summed E-state index contributed by atoms with van der Waals surface area (Å²) in [5.74, 6) is 0.864.